The molecule has 0 aliphatic rings. The molecule has 0 saturated carbocycles. The third-order valence-electron chi connectivity index (χ3n) is 3.51. The van der Waals surface area contributed by atoms with Crippen LogP contribution in [0.1, 0.15) is 45.4 Å². The summed E-state index contributed by atoms with van der Waals surface area (Å²) in [6.07, 6.45) is 26.7. The third kappa shape index (κ3) is 18.1. The standard InChI is InChI=1S/C23H32O4/c1-2-3-10-17-22(25)18-13-8-6-4-5-7-11-15-21(20-24)16-12-9-14-19-23(26)27/h3,5-13,15,18,20-22,25H,2,4,14,16-17,19H2,1H3,(H,26,27)/t21?,22-/m1/s1. The maximum absolute atomic E-state index is 11.0. The van der Waals surface area contributed by atoms with E-state index in [0.717, 1.165) is 19.1 Å². The molecule has 0 amide bonds. The molecule has 0 fully saturated rings. The summed E-state index contributed by atoms with van der Waals surface area (Å²) in [7, 11) is 0. The Morgan fingerprint density at radius 2 is 1.56 bits per heavy atom. The molecule has 4 nitrogen and oxygen atoms in total. The molecular formula is C23H32O4. The summed E-state index contributed by atoms with van der Waals surface area (Å²) >= 11 is 0. The first-order chi connectivity index (χ1) is 13.1. The van der Waals surface area contributed by atoms with Gasteiger partial charge in [0.25, 0.3) is 0 Å². The van der Waals surface area contributed by atoms with Gasteiger partial charge in [-0.15, -0.1) is 0 Å². The van der Waals surface area contributed by atoms with E-state index < -0.39 is 12.1 Å². The number of aliphatic hydroxyl groups excluding tert-OH is 1. The van der Waals surface area contributed by atoms with Crippen LogP contribution in [0.2, 0.25) is 0 Å². The quantitative estimate of drug-likeness (QED) is 0.242. The van der Waals surface area contributed by atoms with Gasteiger partial charge in [-0.05, 0) is 32.1 Å². The molecule has 0 rings (SSSR count). The highest BCUT2D eigenvalue weighted by Gasteiger charge is 1.98. The van der Waals surface area contributed by atoms with Crippen molar-refractivity contribution in [2.75, 3.05) is 0 Å². The fourth-order valence-electron chi connectivity index (χ4n) is 2.03. The minimum atomic E-state index is -0.818. The number of aliphatic hydroxyl groups is 1. The van der Waals surface area contributed by atoms with Crippen LogP contribution in [0.25, 0.3) is 0 Å². The maximum atomic E-state index is 11.0. The fourth-order valence-corrected chi connectivity index (χ4v) is 2.03. The molecular weight excluding hydrogens is 340 g/mol. The zero-order valence-electron chi connectivity index (χ0n) is 16.1. The first kappa shape index (κ1) is 24.5. The average Bonchev–Trinajstić information content (AvgIpc) is 2.64. The van der Waals surface area contributed by atoms with E-state index in [2.05, 4.69) is 6.92 Å². The molecule has 0 aromatic heterocycles. The van der Waals surface area contributed by atoms with Gasteiger partial charge in [-0.2, -0.15) is 0 Å². The van der Waals surface area contributed by atoms with Crippen molar-refractivity contribution in [2.24, 2.45) is 5.92 Å². The summed E-state index contributed by atoms with van der Waals surface area (Å²) in [4.78, 5) is 21.4. The minimum absolute atomic E-state index is 0.110. The van der Waals surface area contributed by atoms with Crippen LogP contribution in [0, 0.1) is 5.92 Å². The molecule has 0 bridgehead atoms. The van der Waals surface area contributed by atoms with Crippen molar-refractivity contribution in [1.82, 2.24) is 0 Å². The van der Waals surface area contributed by atoms with Gasteiger partial charge >= 0.3 is 5.97 Å². The second-order valence-electron chi connectivity index (χ2n) is 5.98. The highest BCUT2D eigenvalue weighted by molar-refractivity contribution is 5.66. The van der Waals surface area contributed by atoms with Gasteiger partial charge in [-0.25, -0.2) is 0 Å². The van der Waals surface area contributed by atoms with Gasteiger partial charge in [0.15, 0.2) is 0 Å². The molecule has 2 N–H and O–H groups in total. The van der Waals surface area contributed by atoms with Gasteiger partial charge in [0.05, 0.1) is 6.10 Å². The van der Waals surface area contributed by atoms with Crippen LogP contribution >= 0.6 is 0 Å². The lowest BCUT2D eigenvalue weighted by Gasteiger charge is -1.98. The summed E-state index contributed by atoms with van der Waals surface area (Å²) < 4.78 is 0. The Balaban J connectivity index is 4.02. The molecule has 2 atom stereocenters. The van der Waals surface area contributed by atoms with E-state index in [0.29, 0.717) is 19.3 Å². The molecule has 0 saturated heterocycles. The van der Waals surface area contributed by atoms with Crippen LogP contribution in [0.5, 0.6) is 0 Å². The number of carbonyl (C=O) groups excluding carboxylic acids is 1. The van der Waals surface area contributed by atoms with E-state index >= 15 is 0 Å². The number of aliphatic carboxylic acids is 1. The topological polar surface area (TPSA) is 74.6 Å². The van der Waals surface area contributed by atoms with Gasteiger partial charge in [0.1, 0.15) is 6.29 Å². The van der Waals surface area contributed by atoms with Crippen molar-refractivity contribution in [3.63, 3.8) is 0 Å². The average molecular weight is 373 g/mol. The number of carboxylic acids is 1. The van der Waals surface area contributed by atoms with Crippen LogP contribution in [-0.2, 0) is 9.59 Å². The predicted molar refractivity (Wildman–Crippen MR) is 111 cm³/mol. The van der Waals surface area contributed by atoms with Crippen molar-refractivity contribution in [1.29, 1.82) is 0 Å². The first-order valence-electron chi connectivity index (χ1n) is 9.41. The van der Waals surface area contributed by atoms with E-state index in [4.69, 9.17) is 5.11 Å². The largest absolute Gasteiger partial charge is 0.481 e. The normalized spacial score (nSPS) is 15.2. The Hall–Kier alpha value is -2.46. The van der Waals surface area contributed by atoms with Gasteiger partial charge in [-0.3, -0.25) is 4.79 Å². The third-order valence-corrected chi connectivity index (χ3v) is 3.51. The number of hydrogen-bond donors (Lipinski definition) is 2. The van der Waals surface area contributed by atoms with Crippen LogP contribution in [0.15, 0.2) is 72.9 Å². The Morgan fingerprint density at radius 1 is 0.889 bits per heavy atom. The van der Waals surface area contributed by atoms with Crippen LogP contribution in [0.3, 0.4) is 0 Å². The SMILES string of the molecule is CCC=CC[C@@H](O)C=CC=CCC=CC=CC(C=O)CC=CCCC(=O)O. The molecule has 0 aromatic rings. The van der Waals surface area contributed by atoms with E-state index in [1.165, 1.54) is 0 Å². The number of carboxylic acid groups (broad SMARTS) is 1. The number of hydrogen-bond acceptors (Lipinski definition) is 3. The van der Waals surface area contributed by atoms with Crippen molar-refractivity contribution >= 4 is 12.3 Å². The summed E-state index contributed by atoms with van der Waals surface area (Å²) in [5, 5.41) is 18.2. The second kappa shape index (κ2) is 18.3. The summed E-state index contributed by atoms with van der Waals surface area (Å²) in [6, 6.07) is 0. The van der Waals surface area contributed by atoms with Gasteiger partial charge < -0.3 is 15.0 Å². The number of rotatable bonds is 15. The van der Waals surface area contributed by atoms with Gasteiger partial charge in [0.2, 0.25) is 0 Å². The number of carbonyl (C=O) groups is 2. The van der Waals surface area contributed by atoms with Crippen LogP contribution in [-0.4, -0.2) is 28.6 Å². The highest BCUT2D eigenvalue weighted by Crippen LogP contribution is 2.04. The zero-order valence-corrected chi connectivity index (χ0v) is 16.1. The molecule has 0 radical (unpaired) electrons. The molecule has 4 heteroatoms. The van der Waals surface area contributed by atoms with Crippen molar-refractivity contribution in [3.8, 4) is 0 Å². The van der Waals surface area contributed by atoms with Crippen molar-refractivity contribution in [3.05, 3.63) is 72.9 Å². The lowest BCUT2D eigenvalue weighted by atomic mass is 10.1. The smallest absolute Gasteiger partial charge is 0.303 e. The molecule has 1 unspecified atom stereocenters. The summed E-state index contributed by atoms with van der Waals surface area (Å²) in [6.45, 7) is 2.06. The van der Waals surface area contributed by atoms with Gasteiger partial charge in [-0.1, -0.05) is 79.8 Å². The zero-order chi connectivity index (χ0) is 20.2. The first-order valence-corrected chi connectivity index (χ1v) is 9.41. The van der Waals surface area contributed by atoms with E-state index in [9.17, 15) is 14.7 Å². The fraction of sp³-hybridized carbons (Fsp3) is 0.391. The predicted octanol–water partition coefficient (Wildman–Crippen LogP) is 4.94. The minimum Gasteiger partial charge on any atom is -0.481 e. The Kier molecular flexibility index (Phi) is 16.7. The molecule has 148 valence electrons. The molecule has 27 heavy (non-hydrogen) atoms. The Morgan fingerprint density at radius 3 is 2.19 bits per heavy atom. The summed E-state index contributed by atoms with van der Waals surface area (Å²) in [5.41, 5.74) is 0. The molecule has 0 aromatic carbocycles. The van der Waals surface area contributed by atoms with Gasteiger partial charge in [0, 0.05) is 12.3 Å². The van der Waals surface area contributed by atoms with E-state index in [1.807, 2.05) is 60.8 Å². The Bertz CT molecular complexity index is 565. The van der Waals surface area contributed by atoms with Crippen molar-refractivity contribution < 1.29 is 19.8 Å². The lowest BCUT2D eigenvalue weighted by molar-refractivity contribution is -0.136. The molecule has 0 heterocycles. The molecule has 0 aliphatic heterocycles. The van der Waals surface area contributed by atoms with Crippen LogP contribution in [0.4, 0.5) is 0 Å². The monoisotopic (exact) mass is 372 g/mol. The Labute approximate surface area is 163 Å². The second-order valence-corrected chi connectivity index (χ2v) is 5.98. The molecule has 0 aliphatic carbocycles. The van der Waals surface area contributed by atoms with E-state index in [-0.39, 0.29) is 12.3 Å². The van der Waals surface area contributed by atoms with E-state index in [1.54, 1.807) is 12.2 Å². The number of aldehydes is 1. The molecule has 0 spiro atoms. The summed E-state index contributed by atoms with van der Waals surface area (Å²) in [5.74, 6) is -1.01. The maximum Gasteiger partial charge on any atom is 0.303 e. The van der Waals surface area contributed by atoms with Crippen LogP contribution < -0.4 is 0 Å². The van der Waals surface area contributed by atoms with Crippen molar-refractivity contribution in [2.45, 2.75) is 51.6 Å². The lowest BCUT2D eigenvalue weighted by Crippen LogP contribution is -1.98. The number of allylic oxidation sites excluding steroid dienone is 10. The highest BCUT2D eigenvalue weighted by atomic mass is 16.4.